The highest BCUT2D eigenvalue weighted by Gasteiger charge is 2.33. The SMILES string of the molecule is CCN1C(=O)/C(=C/c2c(C)n(CC(=O)NC[C@@H]3CCCO3)c3ccccc23)C(=O)NC1=S. The average Bonchev–Trinajstić information content (AvgIpc) is 3.37. The summed E-state index contributed by atoms with van der Waals surface area (Å²) in [5.41, 5.74) is 2.41. The van der Waals surface area contributed by atoms with E-state index in [0.29, 0.717) is 13.1 Å². The summed E-state index contributed by atoms with van der Waals surface area (Å²) in [5, 5.41) is 6.50. The standard InChI is InChI=1S/C23H26N4O4S/c1-3-26-22(30)18(21(29)25-23(26)32)11-17-14(2)27(19-9-5-4-8-16(17)19)13-20(28)24-12-15-7-6-10-31-15/h4-5,8-9,11,15H,3,6-7,10,12-13H2,1-2H3,(H,24,28)(H,25,29,32)/b18-11+/t15-/m0/s1. The summed E-state index contributed by atoms with van der Waals surface area (Å²) in [6.07, 6.45) is 3.65. The van der Waals surface area contributed by atoms with Gasteiger partial charge in [0.2, 0.25) is 5.91 Å². The summed E-state index contributed by atoms with van der Waals surface area (Å²) in [4.78, 5) is 39.4. The molecule has 4 rings (SSSR count). The molecule has 3 amide bonds. The van der Waals surface area contributed by atoms with Gasteiger partial charge in [-0.05, 0) is 51.0 Å². The highest BCUT2D eigenvalue weighted by molar-refractivity contribution is 7.80. The molecule has 2 aromatic rings. The van der Waals surface area contributed by atoms with Crippen molar-refractivity contribution in [2.24, 2.45) is 0 Å². The topological polar surface area (TPSA) is 92.7 Å². The van der Waals surface area contributed by atoms with E-state index in [1.807, 2.05) is 35.8 Å². The predicted molar refractivity (Wildman–Crippen MR) is 125 cm³/mol. The van der Waals surface area contributed by atoms with E-state index in [2.05, 4.69) is 10.6 Å². The minimum absolute atomic E-state index is 0.0225. The molecular weight excluding hydrogens is 428 g/mol. The maximum absolute atomic E-state index is 12.9. The van der Waals surface area contributed by atoms with E-state index < -0.39 is 11.8 Å². The summed E-state index contributed by atoms with van der Waals surface area (Å²) in [6, 6.07) is 7.63. The van der Waals surface area contributed by atoms with E-state index in [-0.39, 0.29) is 29.2 Å². The van der Waals surface area contributed by atoms with E-state index in [1.54, 1.807) is 13.0 Å². The maximum atomic E-state index is 12.9. The van der Waals surface area contributed by atoms with Crippen LogP contribution in [0.5, 0.6) is 0 Å². The third kappa shape index (κ3) is 4.18. The molecule has 0 radical (unpaired) electrons. The Labute approximate surface area is 191 Å². The van der Waals surface area contributed by atoms with Crippen molar-refractivity contribution in [3.05, 3.63) is 41.1 Å². The number of hydrogen-bond acceptors (Lipinski definition) is 5. The van der Waals surface area contributed by atoms with Crippen molar-refractivity contribution < 1.29 is 19.1 Å². The number of carbonyl (C=O) groups excluding carboxylic acids is 3. The third-order valence-electron chi connectivity index (χ3n) is 5.92. The van der Waals surface area contributed by atoms with Gasteiger partial charge in [0.1, 0.15) is 12.1 Å². The van der Waals surface area contributed by atoms with Crippen LogP contribution < -0.4 is 10.6 Å². The Balaban J connectivity index is 1.66. The number of rotatable bonds is 6. The molecule has 168 valence electrons. The van der Waals surface area contributed by atoms with E-state index in [0.717, 1.165) is 41.6 Å². The molecule has 1 aromatic carbocycles. The highest BCUT2D eigenvalue weighted by Crippen LogP contribution is 2.29. The minimum atomic E-state index is -0.518. The predicted octanol–water partition coefficient (Wildman–Crippen LogP) is 1.89. The Bertz CT molecular complexity index is 1130. The van der Waals surface area contributed by atoms with E-state index >= 15 is 0 Å². The largest absolute Gasteiger partial charge is 0.376 e. The number of thiocarbonyl (C=S) groups is 1. The molecule has 32 heavy (non-hydrogen) atoms. The first-order chi connectivity index (χ1) is 15.4. The first-order valence-electron chi connectivity index (χ1n) is 10.8. The lowest BCUT2D eigenvalue weighted by Gasteiger charge is -2.27. The highest BCUT2D eigenvalue weighted by atomic mass is 32.1. The van der Waals surface area contributed by atoms with Crippen LogP contribution >= 0.6 is 12.2 Å². The zero-order chi connectivity index (χ0) is 22.8. The molecule has 2 N–H and O–H groups in total. The normalized spacial score (nSPS) is 20.3. The van der Waals surface area contributed by atoms with Gasteiger partial charge >= 0.3 is 0 Å². The zero-order valence-electron chi connectivity index (χ0n) is 18.1. The monoisotopic (exact) mass is 454 g/mol. The van der Waals surface area contributed by atoms with Gasteiger partial charge in [-0.1, -0.05) is 18.2 Å². The van der Waals surface area contributed by atoms with Gasteiger partial charge in [0, 0.05) is 41.9 Å². The lowest BCUT2D eigenvalue weighted by molar-refractivity contribution is -0.128. The Morgan fingerprint density at radius 3 is 2.84 bits per heavy atom. The maximum Gasteiger partial charge on any atom is 0.265 e. The van der Waals surface area contributed by atoms with Crippen LogP contribution in [-0.2, 0) is 25.7 Å². The molecule has 2 saturated heterocycles. The number of benzene rings is 1. The van der Waals surface area contributed by atoms with Crippen LogP contribution in [0.2, 0.25) is 0 Å². The first-order valence-corrected chi connectivity index (χ1v) is 11.2. The number of likely N-dealkylation sites (N-methyl/N-ethyl adjacent to an activating group) is 1. The number of nitrogens with one attached hydrogen (secondary N) is 2. The Morgan fingerprint density at radius 2 is 2.12 bits per heavy atom. The molecule has 0 saturated carbocycles. The van der Waals surface area contributed by atoms with Gasteiger partial charge in [-0.15, -0.1) is 0 Å². The minimum Gasteiger partial charge on any atom is -0.376 e. The van der Waals surface area contributed by atoms with Gasteiger partial charge in [-0.3, -0.25) is 24.6 Å². The Morgan fingerprint density at radius 1 is 1.34 bits per heavy atom. The second kappa shape index (κ2) is 9.22. The van der Waals surface area contributed by atoms with Crippen molar-refractivity contribution in [3.63, 3.8) is 0 Å². The lowest BCUT2D eigenvalue weighted by Crippen LogP contribution is -2.53. The fourth-order valence-electron chi connectivity index (χ4n) is 4.20. The molecule has 3 heterocycles. The number of amides is 3. The van der Waals surface area contributed by atoms with Gasteiger partial charge in [-0.2, -0.15) is 0 Å². The second-order valence-corrected chi connectivity index (χ2v) is 8.29. The number of carbonyl (C=O) groups is 3. The van der Waals surface area contributed by atoms with Crippen molar-refractivity contribution in [3.8, 4) is 0 Å². The zero-order valence-corrected chi connectivity index (χ0v) is 19.0. The molecule has 2 aliphatic heterocycles. The van der Waals surface area contributed by atoms with E-state index in [9.17, 15) is 14.4 Å². The summed E-state index contributed by atoms with van der Waals surface area (Å²) < 4.78 is 7.47. The van der Waals surface area contributed by atoms with Gasteiger partial charge in [0.25, 0.3) is 11.8 Å². The number of fused-ring (bicyclic) bond motifs is 1. The first kappa shape index (κ1) is 22.2. The number of aromatic nitrogens is 1. The van der Waals surface area contributed by atoms with Crippen molar-refractivity contribution in [1.82, 2.24) is 20.1 Å². The van der Waals surface area contributed by atoms with E-state index in [1.165, 1.54) is 4.90 Å². The number of para-hydroxylation sites is 1. The Kier molecular flexibility index (Phi) is 6.38. The average molecular weight is 455 g/mol. The quantitative estimate of drug-likeness (QED) is 0.395. The molecule has 0 bridgehead atoms. The molecule has 0 spiro atoms. The van der Waals surface area contributed by atoms with E-state index in [4.69, 9.17) is 17.0 Å². The third-order valence-corrected chi connectivity index (χ3v) is 6.25. The van der Waals surface area contributed by atoms with Gasteiger partial charge < -0.3 is 14.6 Å². The molecule has 0 aliphatic carbocycles. The van der Waals surface area contributed by atoms with Crippen LogP contribution in [0.4, 0.5) is 0 Å². The van der Waals surface area contributed by atoms with Gasteiger partial charge in [0.15, 0.2) is 5.11 Å². The molecule has 2 aliphatic rings. The van der Waals surface area contributed by atoms with Crippen LogP contribution in [0.25, 0.3) is 17.0 Å². The number of nitrogens with zero attached hydrogens (tertiary/aromatic N) is 2. The molecule has 1 aromatic heterocycles. The summed E-state index contributed by atoms with van der Waals surface area (Å²) >= 11 is 5.11. The van der Waals surface area contributed by atoms with Crippen molar-refractivity contribution in [2.75, 3.05) is 19.7 Å². The molecule has 9 heteroatoms. The molecule has 2 fully saturated rings. The van der Waals surface area contributed by atoms with Crippen LogP contribution in [0.3, 0.4) is 0 Å². The summed E-state index contributed by atoms with van der Waals surface area (Å²) in [5.74, 6) is -1.06. The van der Waals surface area contributed by atoms with Gasteiger partial charge in [-0.25, -0.2) is 0 Å². The summed E-state index contributed by atoms with van der Waals surface area (Å²) in [7, 11) is 0. The fraction of sp³-hybridized carbons (Fsp3) is 0.391. The van der Waals surface area contributed by atoms with Crippen molar-refractivity contribution in [1.29, 1.82) is 0 Å². The molecular formula is C23H26N4O4S. The second-order valence-electron chi connectivity index (χ2n) is 7.91. The molecule has 1 atom stereocenters. The van der Waals surface area contributed by atoms with Crippen LogP contribution in [0.1, 0.15) is 31.0 Å². The number of ether oxygens (including phenoxy) is 1. The molecule has 8 nitrogen and oxygen atoms in total. The van der Waals surface area contributed by atoms with Crippen LogP contribution in [0.15, 0.2) is 29.8 Å². The van der Waals surface area contributed by atoms with Crippen molar-refractivity contribution in [2.45, 2.75) is 39.3 Å². The lowest BCUT2D eigenvalue weighted by atomic mass is 10.0. The van der Waals surface area contributed by atoms with Gasteiger partial charge in [0.05, 0.1) is 6.10 Å². The van der Waals surface area contributed by atoms with Crippen LogP contribution in [-0.4, -0.2) is 58.1 Å². The fourth-order valence-corrected chi connectivity index (χ4v) is 4.51. The number of hydrogen-bond donors (Lipinski definition) is 2. The summed E-state index contributed by atoms with van der Waals surface area (Å²) in [6.45, 7) is 5.41. The van der Waals surface area contributed by atoms with Crippen LogP contribution in [0, 0.1) is 6.92 Å². The Hall–Kier alpha value is -3.04. The van der Waals surface area contributed by atoms with Crippen molar-refractivity contribution >= 4 is 52.0 Å². The smallest absolute Gasteiger partial charge is 0.265 e. The molecule has 0 unspecified atom stereocenters.